The summed E-state index contributed by atoms with van der Waals surface area (Å²) in [6.07, 6.45) is -3.88. The number of anilines is 2. The Hall–Kier alpha value is -2.09. The van der Waals surface area contributed by atoms with E-state index in [2.05, 4.69) is 26.2 Å². The molecule has 110 valence electrons. The minimum Gasteiger partial charge on any atom is -0.397 e. The van der Waals surface area contributed by atoms with E-state index in [1.807, 2.05) is 0 Å². The Morgan fingerprint density at radius 2 is 1.95 bits per heavy atom. The highest BCUT2D eigenvalue weighted by molar-refractivity contribution is 9.10. The zero-order valence-electron chi connectivity index (χ0n) is 10.4. The van der Waals surface area contributed by atoms with Gasteiger partial charge in [0.1, 0.15) is 5.69 Å². The van der Waals surface area contributed by atoms with Crippen molar-refractivity contribution in [2.45, 2.75) is 6.18 Å². The average Bonchev–Trinajstić information content (AvgIpc) is 2.41. The van der Waals surface area contributed by atoms with Gasteiger partial charge < -0.3 is 11.1 Å². The Balaban J connectivity index is 2.17. The van der Waals surface area contributed by atoms with Gasteiger partial charge in [0.25, 0.3) is 5.91 Å². The van der Waals surface area contributed by atoms with E-state index in [1.54, 1.807) is 18.2 Å². The molecular formula is C13H9BrF3N3O. The van der Waals surface area contributed by atoms with Gasteiger partial charge in [-0.05, 0) is 30.3 Å². The van der Waals surface area contributed by atoms with Crippen molar-refractivity contribution < 1.29 is 18.0 Å². The SMILES string of the molecule is Nc1cc(Br)ccc1NC(=O)c1ccc(C(F)(F)F)cn1. The van der Waals surface area contributed by atoms with Crippen LogP contribution in [0.3, 0.4) is 0 Å². The zero-order chi connectivity index (χ0) is 15.6. The van der Waals surface area contributed by atoms with Crippen LogP contribution in [0.15, 0.2) is 41.0 Å². The molecule has 1 heterocycles. The number of amides is 1. The maximum absolute atomic E-state index is 12.4. The monoisotopic (exact) mass is 359 g/mol. The minimum atomic E-state index is -4.49. The molecule has 0 saturated heterocycles. The minimum absolute atomic E-state index is 0.134. The number of nitrogens with zero attached hydrogens (tertiary/aromatic N) is 1. The highest BCUT2D eigenvalue weighted by Gasteiger charge is 2.30. The van der Waals surface area contributed by atoms with Crippen LogP contribution in [0.4, 0.5) is 24.5 Å². The van der Waals surface area contributed by atoms with E-state index >= 15 is 0 Å². The summed E-state index contributed by atoms with van der Waals surface area (Å²) in [5.41, 5.74) is 5.34. The standard InChI is InChI=1S/C13H9BrF3N3O/c14-8-2-4-10(9(18)5-8)20-12(21)11-3-1-7(6-19-11)13(15,16)17/h1-6H,18H2,(H,20,21). The van der Waals surface area contributed by atoms with Crippen molar-refractivity contribution in [3.63, 3.8) is 0 Å². The Morgan fingerprint density at radius 3 is 2.48 bits per heavy atom. The van der Waals surface area contributed by atoms with Crippen molar-refractivity contribution in [1.29, 1.82) is 0 Å². The molecule has 0 atom stereocenters. The van der Waals surface area contributed by atoms with E-state index in [9.17, 15) is 18.0 Å². The van der Waals surface area contributed by atoms with Crippen LogP contribution in [0.25, 0.3) is 0 Å². The van der Waals surface area contributed by atoms with Gasteiger partial charge in [-0.2, -0.15) is 13.2 Å². The second-order valence-electron chi connectivity index (χ2n) is 4.12. The molecule has 0 saturated carbocycles. The Labute approximate surface area is 126 Å². The molecule has 0 spiro atoms. The van der Waals surface area contributed by atoms with Gasteiger partial charge in [0.2, 0.25) is 0 Å². The van der Waals surface area contributed by atoms with Gasteiger partial charge in [0.05, 0.1) is 16.9 Å². The second kappa shape index (κ2) is 5.72. The smallest absolute Gasteiger partial charge is 0.397 e. The molecule has 0 aliphatic heterocycles. The maximum Gasteiger partial charge on any atom is 0.417 e. The lowest BCUT2D eigenvalue weighted by atomic mass is 10.2. The van der Waals surface area contributed by atoms with Crippen LogP contribution in [0.2, 0.25) is 0 Å². The molecular weight excluding hydrogens is 351 g/mol. The molecule has 0 aliphatic carbocycles. The average molecular weight is 360 g/mol. The quantitative estimate of drug-likeness (QED) is 0.803. The van der Waals surface area contributed by atoms with Crippen LogP contribution >= 0.6 is 15.9 Å². The molecule has 4 nitrogen and oxygen atoms in total. The molecule has 21 heavy (non-hydrogen) atoms. The third-order valence-corrected chi connectivity index (χ3v) is 3.08. The van der Waals surface area contributed by atoms with Gasteiger partial charge in [0, 0.05) is 10.7 Å². The van der Waals surface area contributed by atoms with E-state index in [4.69, 9.17) is 5.73 Å². The molecule has 0 radical (unpaired) electrons. The van der Waals surface area contributed by atoms with Crippen molar-refractivity contribution >= 4 is 33.2 Å². The van der Waals surface area contributed by atoms with E-state index in [1.165, 1.54) is 0 Å². The Bertz CT molecular complexity index is 671. The summed E-state index contributed by atoms with van der Waals surface area (Å²) in [6.45, 7) is 0. The predicted molar refractivity (Wildman–Crippen MR) is 75.7 cm³/mol. The number of benzene rings is 1. The van der Waals surface area contributed by atoms with Crippen molar-refractivity contribution in [2.24, 2.45) is 0 Å². The van der Waals surface area contributed by atoms with Crippen LogP contribution in [0, 0.1) is 0 Å². The molecule has 0 fully saturated rings. The fraction of sp³-hybridized carbons (Fsp3) is 0.0769. The molecule has 3 N–H and O–H groups in total. The number of alkyl halides is 3. The lowest BCUT2D eigenvalue weighted by molar-refractivity contribution is -0.137. The fourth-order valence-corrected chi connectivity index (χ4v) is 1.91. The summed E-state index contributed by atoms with van der Waals surface area (Å²) < 4.78 is 37.9. The highest BCUT2D eigenvalue weighted by atomic mass is 79.9. The van der Waals surface area contributed by atoms with Gasteiger partial charge in [-0.3, -0.25) is 9.78 Å². The van der Waals surface area contributed by atoms with E-state index in [0.717, 1.165) is 16.6 Å². The number of rotatable bonds is 2. The number of carbonyl (C=O) groups is 1. The summed E-state index contributed by atoms with van der Waals surface area (Å²) in [6, 6.07) is 6.64. The van der Waals surface area contributed by atoms with Crippen molar-refractivity contribution in [1.82, 2.24) is 4.98 Å². The number of aromatic nitrogens is 1. The molecule has 0 bridgehead atoms. The molecule has 1 amide bonds. The number of hydrogen-bond donors (Lipinski definition) is 2. The number of pyridine rings is 1. The summed E-state index contributed by atoms with van der Waals surface area (Å²) in [7, 11) is 0. The first kappa shape index (κ1) is 15.3. The van der Waals surface area contributed by atoms with Crippen LogP contribution in [0.1, 0.15) is 16.1 Å². The van der Waals surface area contributed by atoms with Gasteiger partial charge in [-0.1, -0.05) is 15.9 Å². The van der Waals surface area contributed by atoms with Crippen LogP contribution in [-0.2, 0) is 6.18 Å². The summed E-state index contributed by atoms with van der Waals surface area (Å²) >= 11 is 3.22. The number of nitrogens with one attached hydrogen (secondary N) is 1. The predicted octanol–water partition coefficient (Wildman–Crippen LogP) is 3.70. The lowest BCUT2D eigenvalue weighted by Crippen LogP contribution is -2.15. The molecule has 0 unspecified atom stereocenters. The molecule has 8 heteroatoms. The third-order valence-electron chi connectivity index (χ3n) is 2.59. The molecule has 1 aromatic heterocycles. The van der Waals surface area contributed by atoms with E-state index in [-0.39, 0.29) is 5.69 Å². The lowest BCUT2D eigenvalue weighted by Gasteiger charge is -2.09. The van der Waals surface area contributed by atoms with Crippen molar-refractivity contribution in [3.8, 4) is 0 Å². The zero-order valence-corrected chi connectivity index (χ0v) is 12.0. The Kier molecular flexibility index (Phi) is 4.17. The van der Waals surface area contributed by atoms with Crippen LogP contribution in [0.5, 0.6) is 0 Å². The molecule has 2 aromatic rings. The molecule has 1 aromatic carbocycles. The van der Waals surface area contributed by atoms with Crippen LogP contribution < -0.4 is 11.1 Å². The normalized spacial score (nSPS) is 11.2. The third kappa shape index (κ3) is 3.72. The topological polar surface area (TPSA) is 68.0 Å². The number of hydrogen-bond acceptors (Lipinski definition) is 3. The number of nitrogen functional groups attached to an aromatic ring is 1. The first-order valence-corrected chi connectivity index (χ1v) is 6.46. The Morgan fingerprint density at radius 1 is 1.24 bits per heavy atom. The van der Waals surface area contributed by atoms with Crippen molar-refractivity contribution in [3.05, 3.63) is 52.3 Å². The van der Waals surface area contributed by atoms with Gasteiger partial charge in [-0.15, -0.1) is 0 Å². The molecule has 0 aliphatic rings. The summed E-state index contributed by atoms with van der Waals surface area (Å²) in [5, 5.41) is 2.48. The molecule has 2 rings (SSSR count). The fourth-order valence-electron chi connectivity index (χ4n) is 1.53. The van der Waals surface area contributed by atoms with Gasteiger partial charge in [-0.25, -0.2) is 0 Å². The second-order valence-corrected chi connectivity index (χ2v) is 5.03. The van der Waals surface area contributed by atoms with Crippen LogP contribution in [-0.4, -0.2) is 10.9 Å². The van der Waals surface area contributed by atoms with E-state index < -0.39 is 17.6 Å². The van der Waals surface area contributed by atoms with Crippen molar-refractivity contribution in [2.75, 3.05) is 11.1 Å². The first-order chi connectivity index (χ1) is 9.77. The first-order valence-electron chi connectivity index (χ1n) is 5.67. The van der Waals surface area contributed by atoms with Gasteiger partial charge in [0.15, 0.2) is 0 Å². The number of carbonyl (C=O) groups excluding carboxylic acids is 1. The van der Waals surface area contributed by atoms with E-state index in [0.29, 0.717) is 17.6 Å². The highest BCUT2D eigenvalue weighted by Crippen LogP contribution is 2.28. The number of halogens is 4. The number of nitrogens with two attached hydrogens (primary N) is 1. The largest absolute Gasteiger partial charge is 0.417 e. The summed E-state index contributed by atoms with van der Waals surface area (Å²) in [4.78, 5) is 15.4. The summed E-state index contributed by atoms with van der Waals surface area (Å²) in [5.74, 6) is -0.641. The maximum atomic E-state index is 12.4. The van der Waals surface area contributed by atoms with Gasteiger partial charge >= 0.3 is 6.18 Å².